The van der Waals surface area contributed by atoms with E-state index in [2.05, 4.69) is 30.1 Å². The Morgan fingerprint density at radius 1 is 1.26 bits per heavy atom. The minimum atomic E-state index is -0.422. The highest BCUT2D eigenvalue weighted by Gasteiger charge is 2.40. The van der Waals surface area contributed by atoms with Crippen molar-refractivity contribution in [2.24, 2.45) is 0 Å². The van der Waals surface area contributed by atoms with Gasteiger partial charge in [0.15, 0.2) is 5.79 Å². The largest absolute Gasteiger partial charge is 0.361 e. The first-order valence-electron chi connectivity index (χ1n) is 8.28. The molecule has 2 aliphatic rings. The average Bonchev–Trinajstić information content (AvgIpc) is 3.16. The molecular weight excluding hydrogens is 292 g/mol. The van der Waals surface area contributed by atoms with E-state index in [9.17, 15) is 4.79 Å². The molecule has 2 aliphatic heterocycles. The Balaban J connectivity index is 1.43. The first kappa shape index (κ1) is 14.7. The van der Waals surface area contributed by atoms with Gasteiger partial charge in [0.1, 0.15) is 0 Å². The number of aromatic amines is 1. The van der Waals surface area contributed by atoms with E-state index in [0.29, 0.717) is 32.7 Å². The number of aromatic nitrogens is 1. The van der Waals surface area contributed by atoms with E-state index in [4.69, 9.17) is 9.47 Å². The third-order valence-corrected chi connectivity index (χ3v) is 4.96. The summed E-state index contributed by atoms with van der Waals surface area (Å²) in [4.78, 5) is 17.8. The van der Waals surface area contributed by atoms with Gasteiger partial charge in [-0.1, -0.05) is 12.1 Å². The number of piperidine rings is 1. The normalized spacial score (nSPS) is 20.5. The third kappa shape index (κ3) is 2.75. The maximum atomic E-state index is 12.6. The number of hydrogen-bond donors (Lipinski definition) is 1. The van der Waals surface area contributed by atoms with E-state index in [0.717, 1.165) is 29.3 Å². The number of nitrogens with zero attached hydrogens (tertiary/aromatic N) is 1. The fourth-order valence-electron chi connectivity index (χ4n) is 3.60. The van der Waals surface area contributed by atoms with Gasteiger partial charge in [-0.3, -0.25) is 4.79 Å². The van der Waals surface area contributed by atoms with Gasteiger partial charge < -0.3 is 19.4 Å². The number of carbonyl (C=O) groups is 1. The third-order valence-electron chi connectivity index (χ3n) is 4.96. The molecule has 1 aromatic carbocycles. The van der Waals surface area contributed by atoms with Crippen molar-refractivity contribution in [1.29, 1.82) is 0 Å². The van der Waals surface area contributed by atoms with Crippen molar-refractivity contribution in [3.63, 3.8) is 0 Å². The molecule has 1 amide bonds. The second kappa shape index (κ2) is 5.65. The smallest absolute Gasteiger partial charge is 0.227 e. The van der Waals surface area contributed by atoms with Crippen molar-refractivity contribution in [2.45, 2.75) is 32.0 Å². The second-order valence-corrected chi connectivity index (χ2v) is 6.53. The quantitative estimate of drug-likeness (QED) is 0.926. The molecular formula is C18H22N2O3. The number of ether oxygens (including phenoxy) is 2. The zero-order valence-corrected chi connectivity index (χ0v) is 13.4. The molecule has 3 heterocycles. The zero-order chi connectivity index (χ0) is 15.9. The van der Waals surface area contributed by atoms with Crippen LogP contribution in [0.1, 0.15) is 24.0 Å². The number of benzene rings is 1. The summed E-state index contributed by atoms with van der Waals surface area (Å²) in [7, 11) is 0. The zero-order valence-electron chi connectivity index (χ0n) is 13.4. The number of carbonyl (C=O) groups excluding carboxylic acids is 1. The van der Waals surface area contributed by atoms with E-state index in [1.165, 1.54) is 5.56 Å². The fraction of sp³-hybridized carbons (Fsp3) is 0.500. The first-order chi connectivity index (χ1) is 11.2. The number of fused-ring (bicyclic) bond motifs is 1. The van der Waals surface area contributed by atoms with Gasteiger partial charge in [0.2, 0.25) is 5.91 Å². The van der Waals surface area contributed by atoms with Crippen molar-refractivity contribution in [1.82, 2.24) is 9.88 Å². The number of H-pyrrole nitrogens is 1. The molecule has 122 valence electrons. The van der Waals surface area contributed by atoms with Crippen LogP contribution in [0.2, 0.25) is 0 Å². The summed E-state index contributed by atoms with van der Waals surface area (Å²) in [6.45, 7) is 4.83. The number of amides is 1. The van der Waals surface area contributed by atoms with Gasteiger partial charge in [-0.05, 0) is 24.1 Å². The van der Waals surface area contributed by atoms with Gasteiger partial charge in [-0.15, -0.1) is 0 Å². The summed E-state index contributed by atoms with van der Waals surface area (Å²) < 4.78 is 11.4. The number of likely N-dealkylation sites (tertiary alicyclic amines) is 1. The molecule has 0 aliphatic carbocycles. The van der Waals surface area contributed by atoms with Crippen LogP contribution in [-0.2, 0) is 20.7 Å². The standard InChI is InChI=1S/C18H22N2O3/c1-13-2-3-15-14(12-19-16(15)10-13)11-17(21)20-6-4-18(5-7-20)22-8-9-23-18/h2-3,10,12,19H,4-9,11H2,1H3. The van der Waals surface area contributed by atoms with Crippen molar-refractivity contribution in [2.75, 3.05) is 26.3 Å². The van der Waals surface area contributed by atoms with Crippen molar-refractivity contribution in [3.8, 4) is 0 Å². The van der Waals surface area contributed by atoms with E-state index < -0.39 is 5.79 Å². The van der Waals surface area contributed by atoms with Crippen LogP contribution < -0.4 is 0 Å². The molecule has 0 saturated carbocycles. The Morgan fingerprint density at radius 3 is 2.74 bits per heavy atom. The Labute approximate surface area is 135 Å². The van der Waals surface area contributed by atoms with Crippen LogP contribution in [0.25, 0.3) is 10.9 Å². The lowest BCUT2D eigenvalue weighted by atomic mass is 10.0. The van der Waals surface area contributed by atoms with Gasteiger partial charge in [0.05, 0.1) is 19.6 Å². The molecule has 0 radical (unpaired) electrons. The summed E-state index contributed by atoms with van der Waals surface area (Å²) in [5.74, 6) is -0.242. The van der Waals surface area contributed by atoms with Crippen molar-refractivity contribution in [3.05, 3.63) is 35.5 Å². The maximum Gasteiger partial charge on any atom is 0.227 e. The lowest BCUT2D eigenvalue weighted by Crippen LogP contribution is -2.47. The summed E-state index contributed by atoms with van der Waals surface area (Å²) in [5, 5.41) is 1.14. The first-order valence-corrected chi connectivity index (χ1v) is 8.28. The molecule has 5 nitrogen and oxygen atoms in total. The molecule has 1 aromatic heterocycles. The van der Waals surface area contributed by atoms with Gasteiger partial charge >= 0.3 is 0 Å². The van der Waals surface area contributed by atoms with Crippen LogP contribution in [0.3, 0.4) is 0 Å². The Kier molecular flexibility index (Phi) is 3.62. The Morgan fingerprint density at radius 2 is 2.00 bits per heavy atom. The predicted octanol–water partition coefficient (Wildman–Crippen LogP) is 2.38. The lowest BCUT2D eigenvalue weighted by molar-refractivity contribution is -0.187. The Hall–Kier alpha value is -1.85. The monoisotopic (exact) mass is 314 g/mol. The minimum Gasteiger partial charge on any atom is -0.361 e. The minimum absolute atomic E-state index is 0.180. The van der Waals surface area contributed by atoms with Crippen LogP contribution >= 0.6 is 0 Å². The predicted molar refractivity (Wildman–Crippen MR) is 87.2 cm³/mol. The van der Waals surface area contributed by atoms with Gasteiger partial charge in [-0.2, -0.15) is 0 Å². The van der Waals surface area contributed by atoms with E-state index in [1.54, 1.807) is 0 Å². The molecule has 0 unspecified atom stereocenters. The molecule has 1 spiro atoms. The molecule has 5 heteroatoms. The molecule has 4 rings (SSSR count). The van der Waals surface area contributed by atoms with Crippen LogP contribution in [0.5, 0.6) is 0 Å². The van der Waals surface area contributed by atoms with Crippen LogP contribution in [0, 0.1) is 6.92 Å². The highest BCUT2D eigenvalue weighted by Crippen LogP contribution is 2.31. The van der Waals surface area contributed by atoms with E-state index >= 15 is 0 Å². The van der Waals surface area contributed by atoms with Gasteiger partial charge in [0, 0.05) is 43.0 Å². The Bertz CT molecular complexity index is 721. The van der Waals surface area contributed by atoms with Crippen LogP contribution in [0.15, 0.2) is 24.4 Å². The molecule has 2 fully saturated rings. The summed E-state index contributed by atoms with van der Waals surface area (Å²) in [5.41, 5.74) is 3.38. The fourth-order valence-corrected chi connectivity index (χ4v) is 3.60. The lowest BCUT2D eigenvalue weighted by Gasteiger charge is -2.37. The number of hydrogen-bond acceptors (Lipinski definition) is 3. The SMILES string of the molecule is Cc1ccc2c(CC(=O)N3CCC4(CC3)OCCO4)c[nH]c2c1. The molecule has 0 bridgehead atoms. The van der Waals surface area contributed by atoms with E-state index in [1.807, 2.05) is 11.1 Å². The average molecular weight is 314 g/mol. The van der Waals surface area contributed by atoms with Crippen molar-refractivity contribution < 1.29 is 14.3 Å². The highest BCUT2D eigenvalue weighted by molar-refractivity contribution is 5.89. The molecule has 2 saturated heterocycles. The molecule has 1 N–H and O–H groups in total. The summed E-state index contributed by atoms with van der Waals surface area (Å²) in [6.07, 6.45) is 3.94. The van der Waals surface area contributed by atoms with Crippen LogP contribution in [-0.4, -0.2) is 47.9 Å². The summed E-state index contributed by atoms with van der Waals surface area (Å²) >= 11 is 0. The van der Waals surface area contributed by atoms with Crippen LogP contribution in [0.4, 0.5) is 0 Å². The number of aryl methyl sites for hydroxylation is 1. The molecule has 2 aromatic rings. The second-order valence-electron chi connectivity index (χ2n) is 6.53. The number of rotatable bonds is 2. The topological polar surface area (TPSA) is 54.6 Å². The van der Waals surface area contributed by atoms with Gasteiger partial charge in [-0.25, -0.2) is 0 Å². The summed E-state index contributed by atoms with van der Waals surface area (Å²) in [6, 6.07) is 6.29. The van der Waals surface area contributed by atoms with Gasteiger partial charge in [0.25, 0.3) is 0 Å². The molecule has 0 atom stereocenters. The van der Waals surface area contributed by atoms with Crippen molar-refractivity contribution >= 4 is 16.8 Å². The number of nitrogens with one attached hydrogen (secondary N) is 1. The molecule has 23 heavy (non-hydrogen) atoms. The maximum absolute atomic E-state index is 12.6. The van der Waals surface area contributed by atoms with E-state index in [-0.39, 0.29) is 5.91 Å². The highest BCUT2D eigenvalue weighted by atomic mass is 16.7.